The molecule has 2 aromatic rings. The summed E-state index contributed by atoms with van der Waals surface area (Å²) in [5, 5.41) is 20.2. The average Bonchev–Trinajstić information content (AvgIpc) is 2.97. The summed E-state index contributed by atoms with van der Waals surface area (Å²) in [6, 6.07) is 10.1. The second-order valence-electron chi connectivity index (χ2n) is 9.02. The predicted octanol–water partition coefficient (Wildman–Crippen LogP) is 4.16. The Bertz CT molecular complexity index is 940. The van der Waals surface area contributed by atoms with E-state index in [1.165, 1.54) is 36.0 Å². The van der Waals surface area contributed by atoms with Crippen LogP contribution in [0.15, 0.2) is 30.3 Å². The Balaban J connectivity index is 1.48. The molecular formula is C26H35N3O2. The van der Waals surface area contributed by atoms with Crippen LogP contribution in [0.3, 0.4) is 0 Å². The van der Waals surface area contributed by atoms with Gasteiger partial charge in [0.05, 0.1) is 12.1 Å². The maximum absolute atomic E-state index is 13.3. The molecule has 5 nitrogen and oxygen atoms in total. The molecular weight excluding hydrogens is 386 g/mol. The van der Waals surface area contributed by atoms with Gasteiger partial charge in [-0.25, -0.2) is 0 Å². The topological polar surface area (TPSA) is 73.4 Å². The minimum Gasteiger partial charge on any atom is -0.508 e. The molecule has 4 N–H and O–H groups in total. The van der Waals surface area contributed by atoms with E-state index in [2.05, 4.69) is 41.1 Å². The fourth-order valence-corrected chi connectivity index (χ4v) is 4.95. The molecule has 0 aliphatic carbocycles. The highest BCUT2D eigenvalue weighted by atomic mass is 16.3. The first-order valence-electron chi connectivity index (χ1n) is 11.8. The minimum absolute atomic E-state index is 0.0420. The van der Waals surface area contributed by atoms with Gasteiger partial charge in [-0.15, -0.1) is 0 Å². The summed E-state index contributed by atoms with van der Waals surface area (Å²) in [5.74, 6) is 0.370. The number of phenolic OH excluding ortho intramolecular Hbond substituents is 1. The number of carbonyl (C=O) groups is 1. The first-order valence-corrected chi connectivity index (χ1v) is 11.8. The van der Waals surface area contributed by atoms with Gasteiger partial charge in [-0.3, -0.25) is 4.79 Å². The Hall–Kier alpha value is -2.53. The Kier molecular flexibility index (Phi) is 6.81. The summed E-state index contributed by atoms with van der Waals surface area (Å²) in [6.45, 7) is 5.85. The number of anilines is 1. The fraction of sp³-hybridized carbons (Fsp3) is 0.500. The van der Waals surface area contributed by atoms with E-state index < -0.39 is 0 Å². The number of aromatic hydroxyl groups is 1. The highest BCUT2D eigenvalue weighted by Crippen LogP contribution is 2.32. The highest BCUT2D eigenvalue weighted by molar-refractivity contribution is 5.83. The van der Waals surface area contributed by atoms with Crippen molar-refractivity contribution in [1.29, 1.82) is 0 Å². The van der Waals surface area contributed by atoms with E-state index in [0.29, 0.717) is 12.2 Å². The number of amides is 1. The first-order chi connectivity index (χ1) is 15.0. The number of fused-ring (bicyclic) bond motifs is 2. The summed E-state index contributed by atoms with van der Waals surface area (Å²) in [4.78, 5) is 13.3. The van der Waals surface area contributed by atoms with E-state index in [4.69, 9.17) is 0 Å². The number of hydrogen-bond acceptors (Lipinski definition) is 4. The molecule has 0 bridgehead atoms. The lowest BCUT2D eigenvalue weighted by Crippen LogP contribution is -2.47. The van der Waals surface area contributed by atoms with Gasteiger partial charge in [-0.1, -0.05) is 31.9 Å². The van der Waals surface area contributed by atoms with Gasteiger partial charge in [-0.05, 0) is 91.6 Å². The van der Waals surface area contributed by atoms with Crippen molar-refractivity contribution in [2.45, 2.75) is 70.9 Å². The Morgan fingerprint density at radius 2 is 2.06 bits per heavy atom. The number of nitrogens with one attached hydrogen (secondary N) is 3. The lowest BCUT2D eigenvalue weighted by molar-refractivity contribution is -0.123. The SMILES string of the molecule is CCCCCc1ccc2c(c1)C(NC(=O)C1Cc3c(C)cc(O)cc3CCN1)CCN2. The zero-order valence-electron chi connectivity index (χ0n) is 18.8. The van der Waals surface area contributed by atoms with Crippen LogP contribution >= 0.6 is 0 Å². The molecule has 0 spiro atoms. The molecule has 5 heteroatoms. The normalized spacial score (nSPS) is 20.2. The predicted molar refractivity (Wildman–Crippen MR) is 126 cm³/mol. The van der Waals surface area contributed by atoms with Crippen LogP contribution < -0.4 is 16.0 Å². The van der Waals surface area contributed by atoms with Crippen LogP contribution in [-0.4, -0.2) is 30.1 Å². The van der Waals surface area contributed by atoms with E-state index >= 15 is 0 Å². The van der Waals surface area contributed by atoms with Crippen molar-refractivity contribution in [3.63, 3.8) is 0 Å². The fourth-order valence-electron chi connectivity index (χ4n) is 4.95. The number of aryl methyl sites for hydroxylation is 2. The smallest absolute Gasteiger partial charge is 0.237 e. The van der Waals surface area contributed by atoms with Gasteiger partial charge in [0.25, 0.3) is 0 Å². The number of rotatable bonds is 6. The molecule has 4 rings (SSSR count). The molecule has 2 aliphatic heterocycles. The molecule has 0 saturated carbocycles. The van der Waals surface area contributed by atoms with Crippen molar-refractivity contribution >= 4 is 11.6 Å². The average molecular weight is 422 g/mol. The molecule has 0 fully saturated rings. The first kappa shape index (κ1) is 21.7. The Labute approximate surface area is 185 Å². The molecule has 2 aromatic carbocycles. The maximum Gasteiger partial charge on any atom is 0.237 e. The molecule has 2 heterocycles. The van der Waals surface area contributed by atoms with Crippen LogP contribution in [0.25, 0.3) is 0 Å². The van der Waals surface area contributed by atoms with E-state index in [0.717, 1.165) is 49.2 Å². The maximum atomic E-state index is 13.3. The van der Waals surface area contributed by atoms with E-state index in [1.54, 1.807) is 6.07 Å². The number of carbonyl (C=O) groups excluding carboxylic acids is 1. The molecule has 1 amide bonds. The molecule has 0 radical (unpaired) electrons. The van der Waals surface area contributed by atoms with Crippen LogP contribution in [0.5, 0.6) is 5.75 Å². The number of phenols is 1. The van der Waals surface area contributed by atoms with Crippen molar-refractivity contribution < 1.29 is 9.90 Å². The molecule has 2 atom stereocenters. The molecule has 2 unspecified atom stereocenters. The van der Waals surface area contributed by atoms with Crippen LogP contribution in [0.4, 0.5) is 5.69 Å². The minimum atomic E-state index is -0.254. The van der Waals surface area contributed by atoms with Gasteiger partial charge in [0.15, 0.2) is 0 Å². The lowest BCUT2D eigenvalue weighted by Gasteiger charge is -2.29. The van der Waals surface area contributed by atoms with Gasteiger partial charge in [-0.2, -0.15) is 0 Å². The zero-order chi connectivity index (χ0) is 21.8. The summed E-state index contributed by atoms with van der Waals surface area (Å²) in [7, 11) is 0. The number of unbranched alkanes of at least 4 members (excludes halogenated alkanes) is 2. The quantitative estimate of drug-likeness (QED) is 0.529. The third-order valence-corrected chi connectivity index (χ3v) is 6.69. The van der Waals surface area contributed by atoms with Crippen LogP contribution in [-0.2, 0) is 24.1 Å². The van der Waals surface area contributed by atoms with Gasteiger partial charge in [0.2, 0.25) is 5.91 Å². The number of benzene rings is 2. The second-order valence-corrected chi connectivity index (χ2v) is 9.02. The van der Waals surface area contributed by atoms with Gasteiger partial charge in [0.1, 0.15) is 5.75 Å². The molecule has 0 aromatic heterocycles. The van der Waals surface area contributed by atoms with E-state index in [-0.39, 0.29) is 18.0 Å². The number of hydrogen-bond donors (Lipinski definition) is 4. The third kappa shape index (κ3) is 5.04. The van der Waals surface area contributed by atoms with Gasteiger partial charge >= 0.3 is 0 Å². The van der Waals surface area contributed by atoms with Crippen molar-refractivity contribution in [1.82, 2.24) is 10.6 Å². The summed E-state index contributed by atoms with van der Waals surface area (Å²) in [6.07, 6.45) is 7.15. The summed E-state index contributed by atoms with van der Waals surface area (Å²) < 4.78 is 0. The molecule has 31 heavy (non-hydrogen) atoms. The summed E-state index contributed by atoms with van der Waals surface area (Å²) >= 11 is 0. The van der Waals surface area contributed by atoms with Crippen molar-refractivity contribution in [2.75, 3.05) is 18.4 Å². The largest absolute Gasteiger partial charge is 0.508 e. The molecule has 0 saturated heterocycles. The van der Waals surface area contributed by atoms with Crippen LogP contribution in [0.1, 0.15) is 66.5 Å². The molecule has 166 valence electrons. The van der Waals surface area contributed by atoms with E-state index in [1.807, 2.05) is 13.0 Å². The van der Waals surface area contributed by atoms with Crippen molar-refractivity contribution in [3.05, 3.63) is 58.1 Å². The third-order valence-electron chi connectivity index (χ3n) is 6.69. The lowest BCUT2D eigenvalue weighted by atomic mass is 9.93. The Morgan fingerprint density at radius 3 is 2.90 bits per heavy atom. The van der Waals surface area contributed by atoms with Crippen LogP contribution in [0, 0.1) is 6.92 Å². The van der Waals surface area contributed by atoms with E-state index in [9.17, 15) is 9.90 Å². The van der Waals surface area contributed by atoms with Crippen molar-refractivity contribution in [3.8, 4) is 5.75 Å². The van der Waals surface area contributed by atoms with Crippen molar-refractivity contribution in [2.24, 2.45) is 0 Å². The van der Waals surface area contributed by atoms with Gasteiger partial charge in [0, 0.05) is 12.2 Å². The van der Waals surface area contributed by atoms with Crippen LogP contribution in [0.2, 0.25) is 0 Å². The Morgan fingerprint density at radius 1 is 1.19 bits per heavy atom. The zero-order valence-corrected chi connectivity index (χ0v) is 18.8. The standard InChI is InChI=1S/C26H35N3O2/c1-3-4-5-6-18-7-8-23-22(14-18)24(10-12-27-23)29-26(31)25-16-21-17(2)13-20(30)15-19(21)9-11-28-25/h7-8,13-15,24-25,27-28,30H,3-6,9-12,16H2,1-2H3,(H,29,31). The second kappa shape index (κ2) is 9.73. The molecule has 2 aliphatic rings. The monoisotopic (exact) mass is 421 g/mol. The summed E-state index contributed by atoms with van der Waals surface area (Å²) in [5.41, 5.74) is 7.09. The highest BCUT2D eigenvalue weighted by Gasteiger charge is 2.28. The van der Waals surface area contributed by atoms with Gasteiger partial charge < -0.3 is 21.1 Å².